The first-order valence-electron chi connectivity index (χ1n) is 7.31. The van der Waals surface area contributed by atoms with Gasteiger partial charge in [0.15, 0.2) is 0 Å². The SMILES string of the molecule is CS[C@@H](C)c1cccc(NC(=O)COC[C@H]2CCCO2)c1. The standard InChI is InChI=1S/C16H23NO3S/c1-12(21-2)13-5-3-6-14(9-13)17-16(18)11-19-10-15-7-4-8-20-15/h3,5-6,9,12,15H,4,7-8,10-11H2,1-2H3,(H,17,18)/t12-,15+/m0/s1. The summed E-state index contributed by atoms with van der Waals surface area (Å²) in [5, 5.41) is 3.29. The summed E-state index contributed by atoms with van der Waals surface area (Å²) in [5.74, 6) is -0.123. The van der Waals surface area contributed by atoms with Gasteiger partial charge in [0.25, 0.3) is 0 Å². The molecule has 1 saturated heterocycles. The predicted octanol–water partition coefficient (Wildman–Crippen LogP) is 3.24. The lowest BCUT2D eigenvalue weighted by atomic mass is 10.1. The van der Waals surface area contributed by atoms with Crippen LogP contribution in [0.2, 0.25) is 0 Å². The number of carbonyl (C=O) groups excluding carboxylic acids is 1. The van der Waals surface area contributed by atoms with Crippen molar-refractivity contribution in [2.75, 3.05) is 31.4 Å². The molecule has 0 saturated carbocycles. The molecular formula is C16H23NO3S. The number of benzene rings is 1. The molecule has 1 aliphatic heterocycles. The van der Waals surface area contributed by atoms with Crippen LogP contribution < -0.4 is 5.32 Å². The summed E-state index contributed by atoms with van der Waals surface area (Å²) in [6.45, 7) is 3.52. The third kappa shape index (κ3) is 5.34. The maximum Gasteiger partial charge on any atom is 0.250 e. The summed E-state index contributed by atoms with van der Waals surface area (Å²) >= 11 is 1.78. The molecule has 0 aromatic heterocycles. The molecule has 116 valence electrons. The Kier molecular flexibility index (Phi) is 6.54. The number of hydrogen-bond acceptors (Lipinski definition) is 4. The number of anilines is 1. The number of nitrogens with one attached hydrogen (secondary N) is 1. The Morgan fingerprint density at radius 3 is 3.14 bits per heavy atom. The van der Waals surface area contributed by atoms with E-state index in [1.165, 1.54) is 5.56 Å². The lowest BCUT2D eigenvalue weighted by Crippen LogP contribution is -2.22. The predicted molar refractivity (Wildman–Crippen MR) is 86.8 cm³/mol. The van der Waals surface area contributed by atoms with Crippen molar-refractivity contribution < 1.29 is 14.3 Å². The topological polar surface area (TPSA) is 47.6 Å². The van der Waals surface area contributed by atoms with Crippen molar-refractivity contribution in [1.29, 1.82) is 0 Å². The maximum absolute atomic E-state index is 11.9. The summed E-state index contributed by atoms with van der Waals surface area (Å²) < 4.78 is 10.9. The monoisotopic (exact) mass is 309 g/mol. The molecule has 1 N–H and O–H groups in total. The fourth-order valence-electron chi connectivity index (χ4n) is 2.26. The van der Waals surface area contributed by atoms with E-state index in [0.29, 0.717) is 11.9 Å². The van der Waals surface area contributed by atoms with Crippen LogP contribution in [0.5, 0.6) is 0 Å². The second-order valence-corrected chi connectivity index (χ2v) is 6.38. The summed E-state index contributed by atoms with van der Waals surface area (Å²) in [4.78, 5) is 11.9. The minimum absolute atomic E-state index is 0.0716. The van der Waals surface area contributed by atoms with Crippen molar-refractivity contribution in [3.05, 3.63) is 29.8 Å². The Hall–Kier alpha value is -1.04. The van der Waals surface area contributed by atoms with Crippen molar-refractivity contribution in [1.82, 2.24) is 0 Å². The first-order chi connectivity index (χ1) is 10.2. The smallest absolute Gasteiger partial charge is 0.250 e. The van der Waals surface area contributed by atoms with E-state index in [0.717, 1.165) is 25.1 Å². The quantitative estimate of drug-likeness (QED) is 0.840. The number of ether oxygens (including phenoxy) is 2. The van der Waals surface area contributed by atoms with Gasteiger partial charge in [0.05, 0.1) is 12.7 Å². The lowest BCUT2D eigenvalue weighted by Gasteiger charge is -2.12. The van der Waals surface area contributed by atoms with Crippen molar-refractivity contribution in [2.24, 2.45) is 0 Å². The van der Waals surface area contributed by atoms with Crippen molar-refractivity contribution >= 4 is 23.4 Å². The molecule has 4 nitrogen and oxygen atoms in total. The first kappa shape index (κ1) is 16.3. The molecule has 2 rings (SSSR count). The van der Waals surface area contributed by atoms with Gasteiger partial charge in [-0.3, -0.25) is 4.79 Å². The van der Waals surface area contributed by atoms with Crippen LogP contribution in [-0.4, -0.2) is 38.1 Å². The van der Waals surface area contributed by atoms with E-state index in [1.807, 2.05) is 18.2 Å². The fourth-order valence-corrected chi connectivity index (χ4v) is 2.68. The zero-order chi connectivity index (χ0) is 15.1. The van der Waals surface area contributed by atoms with E-state index in [9.17, 15) is 4.79 Å². The summed E-state index contributed by atoms with van der Waals surface area (Å²) in [6.07, 6.45) is 4.34. The van der Waals surface area contributed by atoms with Gasteiger partial charge in [0.1, 0.15) is 6.61 Å². The number of rotatable bonds is 7. The van der Waals surface area contributed by atoms with Gasteiger partial charge in [-0.1, -0.05) is 12.1 Å². The maximum atomic E-state index is 11.9. The molecule has 0 spiro atoms. The van der Waals surface area contributed by atoms with Crippen LogP contribution >= 0.6 is 11.8 Å². The Labute approximate surface area is 130 Å². The highest BCUT2D eigenvalue weighted by atomic mass is 32.2. The van der Waals surface area contributed by atoms with Crippen LogP contribution in [0.15, 0.2) is 24.3 Å². The van der Waals surface area contributed by atoms with Gasteiger partial charge < -0.3 is 14.8 Å². The first-order valence-corrected chi connectivity index (χ1v) is 8.60. The molecule has 1 amide bonds. The van der Waals surface area contributed by atoms with Crippen LogP contribution in [0, 0.1) is 0 Å². The molecule has 1 fully saturated rings. The van der Waals surface area contributed by atoms with Crippen LogP contribution in [0.1, 0.15) is 30.6 Å². The van der Waals surface area contributed by atoms with Crippen LogP contribution in [-0.2, 0) is 14.3 Å². The van der Waals surface area contributed by atoms with Crippen molar-refractivity contribution in [3.63, 3.8) is 0 Å². The molecule has 21 heavy (non-hydrogen) atoms. The third-order valence-corrected chi connectivity index (χ3v) is 4.53. The minimum Gasteiger partial charge on any atom is -0.376 e. The average Bonchev–Trinajstić information content (AvgIpc) is 3.00. The molecular weight excluding hydrogens is 286 g/mol. The number of hydrogen-bond donors (Lipinski definition) is 1. The van der Waals surface area contributed by atoms with Gasteiger partial charge in [-0.15, -0.1) is 0 Å². The van der Waals surface area contributed by atoms with E-state index in [1.54, 1.807) is 11.8 Å². The Morgan fingerprint density at radius 1 is 1.57 bits per heavy atom. The summed E-state index contributed by atoms with van der Waals surface area (Å²) in [6, 6.07) is 7.95. The highest BCUT2D eigenvalue weighted by Gasteiger charge is 2.16. The Balaban J connectivity index is 1.76. The van der Waals surface area contributed by atoms with Crippen molar-refractivity contribution in [2.45, 2.75) is 31.1 Å². The second kappa shape index (κ2) is 8.41. The normalized spacial score (nSPS) is 19.4. The fraction of sp³-hybridized carbons (Fsp3) is 0.562. The van der Waals surface area contributed by atoms with Crippen molar-refractivity contribution in [3.8, 4) is 0 Å². The molecule has 5 heteroatoms. The Bertz CT molecular complexity index is 461. The van der Waals surface area contributed by atoms with Gasteiger partial charge in [0, 0.05) is 17.5 Å². The molecule has 0 unspecified atom stereocenters. The van der Waals surface area contributed by atoms with Crippen LogP contribution in [0.3, 0.4) is 0 Å². The highest BCUT2D eigenvalue weighted by molar-refractivity contribution is 7.98. The molecule has 0 bridgehead atoms. The van der Waals surface area contributed by atoms with Gasteiger partial charge in [-0.2, -0.15) is 11.8 Å². The summed E-state index contributed by atoms with van der Waals surface area (Å²) in [7, 11) is 0. The van der Waals surface area contributed by atoms with E-state index >= 15 is 0 Å². The van der Waals surface area contributed by atoms with E-state index < -0.39 is 0 Å². The largest absolute Gasteiger partial charge is 0.376 e. The van der Waals surface area contributed by atoms with Gasteiger partial charge in [-0.05, 0) is 43.7 Å². The zero-order valence-corrected chi connectivity index (χ0v) is 13.4. The number of amides is 1. The molecule has 1 aromatic carbocycles. The molecule has 1 aromatic rings. The molecule has 1 aliphatic rings. The summed E-state index contributed by atoms with van der Waals surface area (Å²) in [5.41, 5.74) is 2.03. The Morgan fingerprint density at radius 2 is 2.43 bits per heavy atom. The second-order valence-electron chi connectivity index (χ2n) is 5.20. The van der Waals surface area contributed by atoms with E-state index in [4.69, 9.17) is 9.47 Å². The van der Waals surface area contributed by atoms with Crippen LogP contribution in [0.4, 0.5) is 5.69 Å². The van der Waals surface area contributed by atoms with Gasteiger partial charge >= 0.3 is 0 Å². The number of carbonyl (C=O) groups is 1. The third-order valence-electron chi connectivity index (χ3n) is 3.55. The highest BCUT2D eigenvalue weighted by Crippen LogP contribution is 2.27. The minimum atomic E-state index is -0.123. The van der Waals surface area contributed by atoms with Gasteiger partial charge in [-0.25, -0.2) is 0 Å². The van der Waals surface area contributed by atoms with E-state index in [2.05, 4.69) is 24.6 Å². The lowest BCUT2D eigenvalue weighted by molar-refractivity contribution is -0.121. The van der Waals surface area contributed by atoms with Gasteiger partial charge in [0.2, 0.25) is 5.91 Å². The number of thioether (sulfide) groups is 1. The molecule has 0 radical (unpaired) electrons. The molecule has 0 aliphatic carbocycles. The zero-order valence-electron chi connectivity index (χ0n) is 12.6. The molecule has 1 heterocycles. The molecule has 2 atom stereocenters. The van der Waals surface area contributed by atoms with E-state index in [-0.39, 0.29) is 18.6 Å². The average molecular weight is 309 g/mol. The van der Waals surface area contributed by atoms with Crippen LogP contribution in [0.25, 0.3) is 0 Å².